The van der Waals surface area contributed by atoms with Gasteiger partial charge in [0.2, 0.25) is 0 Å². The summed E-state index contributed by atoms with van der Waals surface area (Å²) in [4.78, 5) is 0. The highest BCUT2D eigenvalue weighted by Crippen LogP contribution is 2.38. The zero-order chi connectivity index (χ0) is 22.5. The Morgan fingerprint density at radius 3 is 2.44 bits per heavy atom. The molecule has 4 aromatic rings. The van der Waals surface area contributed by atoms with Gasteiger partial charge in [-0.15, -0.1) is 17.3 Å². The summed E-state index contributed by atoms with van der Waals surface area (Å²) in [6.45, 7) is 6.66. The molecule has 4 rings (SSSR count). The lowest BCUT2D eigenvalue weighted by Crippen LogP contribution is -1.97. The molecule has 1 heterocycles. The molecule has 1 aromatic heterocycles. The van der Waals surface area contributed by atoms with Crippen molar-refractivity contribution in [2.24, 2.45) is 0 Å². The third kappa shape index (κ3) is 4.54. The van der Waals surface area contributed by atoms with E-state index in [0.29, 0.717) is 13.0 Å². The molecule has 0 amide bonds. The molecule has 158 valence electrons. The maximum Gasteiger partial charge on any atom is 0.119 e. The van der Waals surface area contributed by atoms with Crippen molar-refractivity contribution in [3.8, 4) is 34.8 Å². The third-order valence-electron chi connectivity index (χ3n) is 5.69. The molecule has 0 aliphatic carbocycles. The van der Waals surface area contributed by atoms with Gasteiger partial charge in [-0.3, -0.25) is 0 Å². The Labute approximate surface area is 194 Å². The minimum atomic E-state index is -0.0524. The van der Waals surface area contributed by atoms with Gasteiger partial charge in [0.05, 0.1) is 18.4 Å². The van der Waals surface area contributed by atoms with Gasteiger partial charge in [0.15, 0.2) is 0 Å². The van der Waals surface area contributed by atoms with E-state index in [-0.39, 0.29) is 5.92 Å². The normalized spacial score (nSPS) is 11.4. The summed E-state index contributed by atoms with van der Waals surface area (Å²) in [5.74, 6) is 6.78. The lowest BCUT2D eigenvalue weighted by Gasteiger charge is -2.11. The predicted octanol–water partition coefficient (Wildman–Crippen LogP) is 7.78. The van der Waals surface area contributed by atoms with Crippen LogP contribution in [0.4, 0.5) is 0 Å². The van der Waals surface area contributed by atoms with Gasteiger partial charge in [-0.25, -0.2) is 0 Å². The van der Waals surface area contributed by atoms with Gasteiger partial charge in [0.1, 0.15) is 12.4 Å². The van der Waals surface area contributed by atoms with Crippen LogP contribution in [0.25, 0.3) is 21.2 Å². The lowest BCUT2D eigenvalue weighted by atomic mass is 9.95. The molecule has 0 bridgehead atoms. The summed E-state index contributed by atoms with van der Waals surface area (Å²) in [6, 6.07) is 23.2. The molecule has 0 saturated heterocycles. The summed E-state index contributed by atoms with van der Waals surface area (Å²) >= 11 is 1.79. The minimum Gasteiger partial charge on any atom is -0.489 e. The number of nitrogens with zero attached hydrogens (tertiary/aromatic N) is 1. The van der Waals surface area contributed by atoms with Gasteiger partial charge in [-0.05, 0) is 78.2 Å². The molecule has 0 aliphatic rings. The Morgan fingerprint density at radius 1 is 1.00 bits per heavy atom. The van der Waals surface area contributed by atoms with Crippen LogP contribution in [0.15, 0.2) is 66.0 Å². The molecule has 0 radical (unpaired) electrons. The third-order valence-corrected chi connectivity index (χ3v) is 6.65. The highest BCUT2D eigenvalue weighted by atomic mass is 32.1. The first kappa shape index (κ1) is 21.7. The van der Waals surface area contributed by atoms with Crippen molar-refractivity contribution in [1.82, 2.24) is 0 Å². The molecule has 32 heavy (non-hydrogen) atoms. The predicted molar refractivity (Wildman–Crippen MR) is 134 cm³/mol. The van der Waals surface area contributed by atoms with Crippen molar-refractivity contribution >= 4 is 21.4 Å². The highest BCUT2D eigenvalue weighted by molar-refractivity contribution is 7.17. The molecule has 0 aliphatic heterocycles. The molecule has 3 aromatic carbocycles. The Morgan fingerprint density at radius 2 is 1.75 bits per heavy atom. The average Bonchev–Trinajstić information content (AvgIpc) is 3.21. The van der Waals surface area contributed by atoms with E-state index in [1.807, 2.05) is 24.3 Å². The molecule has 0 fully saturated rings. The van der Waals surface area contributed by atoms with Gasteiger partial charge in [-0.2, -0.15) is 5.26 Å². The van der Waals surface area contributed by atoms with Crippen LogP contribution in [0.1, 0.15) is 41.5 Å². The second kappa shape index (κ2) is 9.73. The summed E-state index contributed by atoms with van der Waals surface area (Å²) in [6.07, 6.45) is 0.393. The lowest BCUT2D eigenvalue weighted by molar-refractivity contribution is 0.306. The molecule has 0 N–H and O–H groups in total. The van der Waals surface area contributed by atoms with Crippen LogP contribution in [0.3, 0.4) is 0 Å². The van der Waals surface area contributed by atoms with E-state index in [1.165, 1.54) is 32.3 Å². The van der Waals surface area contributed by atoms with Crippen LogP contribution < -0.4 is 4.74 Å². The topological polar surface area (TPSA) is 33.0 Å². The van der Waals surface area contributed by atoms with Crippen LogP contribution in [0.2, 0.25) is 0 Å². The molecule has 0 spiro atoms. The van der Waals surface area contributed by atoms with Gasteiger partial charge in [-0.1, -0.05) is 42.3 Å². The van der Waals surface area contributed by atoms with Crippen LogP contribution in [0, 0.1) is 37.0 Å². The smallest absolute Gasteiger partial charge is 0.119 e. The van der Waals surface area contributed by atoms with E-state index in [9.17, 15) is 0 Å². The first-order valence-electron chi connectivity index (χ1n) is 10.7. The molecule has 2 nitrogen and oxygen atoms in total. The molecule has 0 unspecified atom stereocenters. The molecular formula is C29H25NOS. The number of ether oxygens (including phenoxy) is 1. The van der Waals surface area contributed by atoms with Crippen molar-refractivity contribution < 1.29 is 4.74 Å². The molecule has 3 heteroatoms. The average molecular weight is 436 g/mol. The van der Waals surface area contributed by atoms with Gasteiger partial charge in [0.25, 0.3) is 0 Å². The Kier molecular flexibility index (Phi) is 6.60. The zero-order valence-corrected chi connectivity index (χ0v) is 19.4. The van der Waals surface area contributed by atoms with Gasteiger partial charge in [0, 0.05) is 15.6 Å². The van der Waals surface area contributed by atoms with Crippen molar-refractivity contribution in [3.05, 3.63) is 88.3 Å². The summed E-state index contributed by atoms with van der Waals surface area (Å²) in [5, 5.41) is 12.6. The number of nitriles is 1. The number of benzene rings is 3. The Hall–Kier alpha value is -3.53. The molecular weight excluding hydrogens is 410 g/mol. The van der Waals surface area contributed by atoms with Gasteiger partial charge < -0.3 is 4.74 Å². The van der Waals surface area contributed by atoms with Crippen LogP contribution in [-0.2, 0) is 6.61 Å². The maximum absolute atomic E-state index is 9.03. The maximum atomic E-state index is 9.03. The van der Waals surface area contributed by atoms with E-state index >= 15 is 0 Å². The largest absolute Gasteiger partial charge is 0.489 e. The van der Waals surface area contributed by atoms with Crippen LogP contribution in [-0.4, -0.2) is 0 Å². The molecule has 0 saturated carbocycles. The van der Waals surface area contributed by atoms with E-state index in [1.54, 1.807) is 18.3 Å². The van der Waals surface area contributed by atoms with E-state index in [0.717, 1.165) is 16.9 Å². The summed E-state index contributed by atoms with van der Waals surface area (Å²) < 4.78 is 7.36. The van der Waals surface area contributed by atoms with Crippen molar-refractivity contribution in [2.45, 2.75) is 39.7 Å². The van der Waals surface area contributed by atoms with E-state index in [2.05, 4.69) is 73.5 Å². The number of thiophene rings is 1. The summed E-state index contributed by atoms with van der Waals surface area (Å²) in [7, 11) is 0. The van der Waals surface area contributed by atoms with Crippen molar-refractivity contribution in [2.75, 3.05) is 0 Å². The fourth-order valence-corrected chi connectivity index (χ4v) is 5.01. The van der Waals surface area contributed by atoms with Crippen molar-refractivity contribution in [1.29, 1.82) is 5.26 Å². The van der Waals surface area contributed by atoms with Crippen LogP contribution in [0.5, 0.6) is 5.75 Å². The first-order chi connectivity index (χ1) is 15.6. The number of hydrogen-bond acceptors (Lipinski definition) is 3. The fraction of sp³-hybridized carbons (Fsp3) is 0.207. The second-order valence-electron chi connectivity index (χ2n) is 7.91. The highest BCUT2D eigenvalue weighted by Gasteiger charge is 2.12. The first-order valence-corrected chi connectivity index (χ1v) is 11.6. The van der Waals surface area contributed by atoms with Crippen molar-refractivity contribution in [3.63, 3.8) is 0 Å². The monoisotopic (exact) mass is 435 g/mol. The number of rotatable bonds is 6. The quantitative estimate of drug-likeness (QED) is 0.290. The second-order valence-corrected chi connectivity index (χ2v) is 8.82. The zero-order valence-electron chi connectivity index (χ0n) is 18.6. The molecule has 1 atom stereocenters. The van der Waals surface area contributed by atoms with Crippen LogP contribution >= 0.6 is 11.3 Å². The standard InChI is InChI=1S/C29H25NOS/c1-4-6-23(15-16-30)24-10-12-25(13-11-24)31-18-22-9-14-28-26(17-22)27(19-32-28)29-20(2)7-5-8-21(29)3/h5,7-14,17,19,23H,15,18H2,1-3H3/t23-/m0/s1. The summed E-state index contributed by atoms with van der Waals surface area (Å²) in [5.41, 5.74) is 7.42. The number of aryl methyl sites for hydroxylation is 2. The van der Waals surface area contributed by atoms with E-state index in [4.69, 9.17) is 10.00 Å². The Balaban J connectivity index is 1.54. The van der Waals surface area contributed by atoms with Gasteiger partial charge >= 0.3 is 0 Å². The minimum absolute atomic E-state index is 0.0524. The number of fused-ring (bicyclic) bond motifs is 1. The van der Waals surface area contributed by atoms with E-state index < -0.39 is 0 Å². The SMILES string of the molecule is CC#C[C@@H](CC#N)c1ccc(OCc2ccc3scc(-c4c(C)cccc4C)c3c2)cc1. The number of hydrogen-bond donors (Lipinski definition) is 0. The fourth-order valence-electron chi connectivity index (χ4n) is 4.08. The Bertz CT molecular complexity index is 1330.